The number of aliphatic hydroxyl groups is 1. The van der Waals surface area contributed by atoms with Gasteiger partial charge in [-0.1, -0.05) is 12.1 Å². The Morgan fingerprint density at radius 2 is 2.23 bits per heavy atom. The van der Waals surface area contributed by atoms with Crippen LogP contribution in [0.4, 0.5) is 10.7 Å². The Morgan fingerprint density at radius 3 is 3.00 bits per heavy atom. The summed E-state index contributed by atoms with van der Waals surface area (Å²) >= 11 is 1.44. The lowest BCUT2D eigenvalue weighted by Crippen LogP contribution is -2.40. The number of hydrogen-bond acceptors (Lipinski definition) is 5. The van der Waals surface area contributed by atoms with Gasteiger partial charge < -0.3 is 10.4 Å². The Balaban J connectivity index is 1.63. The van der Waals surface area contributed by atoms with E-state index >= 15 is 0 Å². The van der Waals surface area contributed by atoms with Crippen molar-refractivity contribution in [1.82, 2.24) is 19.9 Å². The van der Waals surface area contributed by atoms with Crippen LogP contribution in [0, 0.1) is 0 Å². The summed E-state index contributed by atoms with van der Waals surface area (Å²) in [7, 11) is 0. The van der Waals surface area contributed by atoms with Crippen molar-refractivity contribution in [2.45, 2.75) is 12.5 Å². The molecule has 2 amide bonds. The van der Waals surface area contributed by atoms with E-state index in [1.165, 1.54) is 11.3 Å². The van der Waals surface area contributed by atoms with Crippen molar-refractivity contribution in [2.24, 2.45) is 0 Å². The highest BCUT2D eigenvalue weighted by Crippen LogP contribution is 2.24. The molecule has 0 saturated carbocycles. The molecule has 22 heavy (non-hydrogen) atoms. The minimum absolute atomic E-state index is 0.0933. The molecule has 114 valence electrons. The zero-order valence-corrected chi connectivity index (χ0v) is 12.7. The van der Waals surface area contributed by atoms with Crippen LogP contribution in [0.15, 0.2) is 41.9 Å². The van der Waals surface area contributed by atoms with E-state index in [0.717, 1.165) is 4.88 Å². The summed E-state index contributed by atoms with van der Waals surface area (Å²) < 4.78 is 1.66. The maximum Gasteiger partial charge on any atom is 0.321 e. The molecular formula is C14H15N5O2S. The molecule has 3 heterocycles. The smallest absolute Gasteiger partial charge is 0.321 e. The van der Waals surface area contributed by atoms with Crippen LogP contribution >= 0.6 is 11.3 Å². The normalized spacial score (nSPS) is 13.7. The van der Waals surface area contributed by atoms with Crippen LogP contribution in [0.25, 0.3) is 5.65 Å². The first kappa shape index (κ1) is 14.5. The van der Waals surface area contributed by atoms with E-state index in [2.05, 4.69) is 20.8 Å². The van der Waals surface area contributed by atoms with Crippen molar-refractivity contribution in [3.8, 4) is 0 Å². The number of pyridine rings is 1. The number of fused-ring (bicyclic) bond motifs is 1. The van der Waals surface area contributed by atoms with Gasteiger partial charge in [0.25, 0.3) is 0 Å². The van der Waals surface area contributed by atoms with E-state index in [1.54, 1.807) is 23.6 Å². The maximum absolute atomic E-state index is 12.0. The van der Waals surface area contributed by atoms with E-state index in [9.17, 15) is 9.90 Å². The third kappa shape index (κ3) is 2.92. The van der Waals surface area contributed by atoms with Gasteiger partial charge in [0.05, 0.1) is 6.54 Å². The number of anilines is 1. The molecule has 7 nitrogen and oxygen atoms in total. The summed E-state index contributed by atoms with van der Waals surface area (Å²) in [5, 5.41) is 25.3. The standard InChI is InChI=1S/C14H15N5O2S/c1-14(21,10-5-4-8-22-10)9-15-13(20)16-12-18-17-11-6-2-3-7-19(11)12/h2-8,21H,9H2,1H3,(H2,15,16,18,20)/t14-/m0/s1. The van der Waals surface area contributed by atoms with E-state index in [1.807, 2.05) is 29.6 Å². The summed E-state index contributed by atoms with van der Waals surface area (Å²) in [5.74, 6) is 0.323. The highest BCUT2D eigenvalue weighted by atomic mass is 32.1. The van der Waals surface area contributed by atoms with Gasteiger partial charge in [-0.05, 0) is 30.5 Å². The summed E-state index contributed by atoms with van der Waals surface area (Å²) in [4.78, 5) is 12.8. The topological polar surface area (TPSA) is 91.5 Å². The average molecular weight is 317 g/mol. The fourth-order valence-electron chi connectivity index (χ4n) is 2.00. The number of thiophene rings is 1. The molecule has 0 radical (unpaired) electrons. The van der Waals surface area contributed by atoms with Crippen molar-refractivity contribution in [2.75, 3.05) is 11.9 Å². The number of carbonyl (C=O) groups is 1. The van der Waals surface area contributed by atoms with Crippen LogP contribution in [-0.2, 0) is 5.60 Å². The fraction of sp³-hybridized carbons (Fsp3) is 0.214. The number of nitrogens with zero attached hydrogens (tertiary/aromatic N) is 3. The monoisotopic (exact) mass is 317 g/mol. The van der Waals surface area contributed by atoms with Crippen molar-refractivity contribution < 1.29 is 9.90 Å². The molecule has 8 heteroatoms. The van der Waals surface area contributed by atoms with Gasteiger partial charge >= 0.3 is 6.03 Å². The summed E-state index contributed by atoms with van der Waals surface area (Å²) in [6.45, 7) is 1.75. The molecule has 1 atom stereocenters. The first-order valence-corrected chi connectivity index (χ1v) is 7.55. The minimum Gasteiger partial charge on any atom is -0.383 e. The highest BCUT2D eigenvalue weighted by molar-refractivity contribution is 7.10. The first-order chi connectivity index (χ1) is 10.6. The van der Waals surface area contributed by atoms with Crippen LogP contribution in [0.5, 0.6) is 0 Å². The minimum atomic E-state index is -1.11. The van der Waals surface area contributed by atoms with Crippen LogP contribution in [0.3, 0.4) is 0 Å². The molecular weight excluding hydrogens is 302 g/mol. The summed E-state index contributed by atoms with van der Waals surface area (Å²) in [5.41, 5.74) is -0.471. The first-order valence-electron chi connectivity index (χ1n) is 6.67. The third-order valence-electron chi connectivity index (χ3n) is 3.18. The number of rotatable bonds is 4. The van der Waals surface area contributed by atoms with Gasteiger partial charge in [0.2, 0.25) is 5.95 Å². The Hall–Kier alpha value is -2.45. The van der Waals surface area contributed by atoms with Gasteiger partial charge in [0.1, 0.15) is 5.60 Å². The lowest BCUT2D eigenvalue weighted by Gasteiger charge is -2.22. The lowest BCUT2D eigenvalue weighted by molar-refractivity contribution is 0.0637. The van der Waals surface area contributed by atoms with Crippen LogP contribution in [0.2, 0.25) is 0 Å². The van der Waals surface area contributed by atoms with Crippen molar-refractivity contribution in [1.29, 1.82) is 0 Å². The Labute approximate surface area is 130 Å². The Kier molecular flexibility index (Phi) is 3.78. The van der Waals surface area contributed by atoms with Crippen LogP contribution < -0.4 is 10.6 Å². The molecule has 0 bridgehead atoms. The molecule has 3 rings (SSSR count). The number of urea groups is 1. The molecule has 0 fully saturated rings. The van der Waals surface area contributed by atoms with Crippen molar-refractivity contribution >= 4 is 29.0 Å². The van der Waals surface area contributed by atoms with Crippen molar-refractivity contribution in [3.05, 3.63) is 46.8 Å². The zero-order valence-electron chi connectivity index (χ0n) is 11.9. The van der Waals surface area contributed by atoms with Gasteiger partial charge in [0, 0.05) is 11.1 Å². The summed E-state index contributed by atoms with van der Waals surface area (Å²) in [6, 6.07) is 8.69. The van der Waals surface area contributed by atoms with E-state index in [0.29, 0.717) is 11.6 Å². The second-order valence-electron chi connectivity index (χ2n) is 5.01. The number of carbonyl (C=O) groups excluding carboxylic acids is 1. The van der Waals surface area contributed by atoms with E-state index in [-0.39, 0.29) is 6.54 Å². The van der Waals surface area contributed by atoms with Crippen LogP contribution in [-0.4, -0.2) is 32.3 Å². The zero-order chi connectivity index (χ0) is 15.6. The molecule has 0 aliphatic carbocycles. The lowest BCUT2D eigenvalue weighted by atomic mass is 10.1. The Morgan fingerprint density at radius 1 is 1.36 bits per heavy atom. The largest absolute Gasteiger partial charge is 0.383 e. The number of aromatic nitrogens is 3. The predicted molar refractivity (Wildman–Crippen MR) is 83.9 cm³/mol. The van der Waals surface area contributed by atoms with Gasteiger partial charge in [-0.25, -0.2) is 4.79 Å². The maximum atomic E-state index is 12.0. The summed E-state index contributed by atoms with van der Waals surface area (Å²) in [6.07, 6.45) is 1.76. The molecule has 0 aliphatic heterocycles. The molecule has 3 aromatic heterocycles. The van der Waals surface area contributed by atoms with Crippen LogP contribution in [0.1, 0.15) is 11.8 Å². The number of amides is 2. The van der Waals surface area contributed by atoms with Crippen molar-refractivity contribution in [3.63, 3.8) is 0 Å². The number of hydrogen-bond donors (Lipinski definition) is 3. The van der Waals surface area contributed by atoms with Gasteiger partial charge in [-0.3, -0.25) is 9.72 Å². The number of nitrogens with one attached hydrogen (secondary N) is 2. The average Bonchev–Trinajstić information content (AvgIpc) is 3.16. The SMILES string of the molecule is C[C@](O)(CNC(=O)Nc1nnc2ccccn12)c1cccs1. The molecule has 0 aliphatic rings. The predicted octanol–water partition coefficient (Wildman–Crippen LogP) is 1.82. The quantitative estimate of drug-likeness (QED) is 0.684. The highest BCUT2D eigenvalue weighted by Gasteiger charge is 2.25. The molecule has 0 aromatic carbocycles. The third-order valence-corrected chi connectivity index (χ3v) is 4.31. The molecule has 0 spiro atoms. The van der Waals surface area contributed by atoms with Gasteiger partial charge in [-0.2, -0.15) is 0 Å². The van der Waals surface area contributed by atoms with Gasteiger partial charge in [0.15, 0.2) is 5.65 Å². The van der Waals surface area contributed by atoms with E-state index < -0.39 is 11.6 Å². The molecule has 0 saturated heterocycles. The molecule has 3 N–H and O–H groups in total. The Bertz CT molecular complexity index is 781. The second-order valence-corrected chi connectivity index (χ2v) is 5.96. The molecule has 3 aromatic rings. The molecule has 0 unspecified atom stereocenters. The van der Waals surface area contributed by atoms with Gasteiger partial charge in [-0.15, -0.1) is 21.5 Å². The second kappa shape index (κ2) is 5.74. The fourth-order valence-corrected chi connectivity index (χ4v) is 2.78. The van der Waals surface area contributed by atoms with E-state index in [4.69, 9.17) is 0 Å².